The summed E-state index contributed by atoms with van der Waals surface area (Å²) in [6, 6.07) is 0. The molecule has 0 aromatic carbocycles. The van der Waals surface area contributed by atoms with E-state index in [1.165, 1.54) is 0 Å². The van der Waals surface area contributed by atoms with Crippen molar-refractivity contribution in [2.45, 2.75) is 6.10 Å². The Morgan fingerprint density at radius 2 is 2.20 bits per heavy atom. The van der Waals surface area contributed by atoms with Crippen molar-refractivity contribution < 1.29 is 10.2 Å². The lowest BCUT2D eigenvalue weighted by atomic mass is 10.4. The van der Waals surface area contributed by atoms with Gasteiger partial charge in [0.15, 0.2) is 0 Å². The Hall–Kier alpha value is 0.360. The topological polar surface area (TPSA) is 43.7 Å². The lowest BCUT2D eigenvalue weighted by Crippen LogP contribution is -2.31. The maximum Gasteiger partial charge on any atom is 0.0763 e. The second-order valence-corrected chi connectivity index (χ2v) is 2.94. The summed E-state index contributed by atoms with van der Waals surface area (Å²) in [6.07, 6.45) is -0.337. The minimum atomic E-state index is -0.337. The van der Waals surface area contributed by atoms with E-state index in [0.717, 1.165) is 0 Å². The molecule has 0 aliphatic heterocycles. The SMILES string of the molecule is CN(CCO)CC(O)CBr. The van der Waals surface area contributed by atoms with Gasteiger partial charge in [0.1, 0.15) is 0 Å². The molecule has 0 aliphatic rings. The molecule has 0 saturated heterocycles. The van der Waals surface area contributed by atoms with Crippen molar-refractivity contribution in [3.63, 3.8) is 0 Å². The minimum absolute atomic E-state index is 0.144. The number of hydrogen-bond acceptors (Lipinski definition) is 3. The van der Waals surface area contributed by atoms with Crippen LogP contribution in [0.4, 0.5) is 0 Å². The molecule has 1 atom stereocenters. The molecular formula is C6H14BrNO2. The molecule has 0 saturated carbocycles. The smallest absolute Gasteiger partial charge is 0.0763 e. The van der Waals surface area contributed by atoms with Gasteiger partial charge in [-0.05, 0) is 7.05 Å². The first-order valence-electron chi connectivity index (χ1n) is 3.24. The van der Waals surface area contributed by atoms with Crippen molar-refractivity contribution in [1.29, 1.82) is 0 Å². The van der Waals surface area contributed by atoms with Crippen molar-refractivity contribution >= 4 is 15.9 Å². The quantitative estimate of drug-likeness (QED) is 0.613. The Morgan fingerprint density at radius 1 is 1.60 bits per heavy atom. The number of halogens is 1. The molecule has 3 nitrogen and oxygen atoms in total. The van der Waals surface area contributed by atoms with Crippen LogP contribution in [0.15, 0.2) is 0 Å². The Bertz CT molecular complexity index is 82.1. The van der Waals surface area contributed by atoms with Crippen LogP contribution in [0.1, 0.15) is 0 Å². The van der Waals surface area contributed by atoms with Crippen LogP contribution in [0.5, 0.6) is 0 Å². The lowest BCUT2D eigenvalue weighted by molar-refractivity contribution is 0.131. The summed E-state index contributed by atoms with van der Waals surface area (Å²) in [5, 5.41) is 18.2. The molecule has 1 unspecified atom stereocenters. The van der Waals surface area contributed by atoms with Crippen LogP contribution >= 0.6 is 15.9 Å². The van der Waals surface area contributed by atoms with Crippen LogP contribution in [-0.4, -0.2) is 53.3 Å². The Kier molecular flexibility index (Phi) is 6.31. The van der Waals surface area contributed by atoms with Crippen LogP contribution < -0.4 is 0 Å². The van der Waals surface area contributed by atoms with Crippen molar-refractivity contribution in [3.8, 4) is 0 Å². The highest BCUT2D eigenvalue weighted by molar-refractivity contribution is 9.09. The van der Waals surface area contributed by atoms with Crippen molar-refractivity contribution in [1.82, 2.24) is 4.90 Å². The Balaban J connectivity index is 3.27. The zero-order valence-electron chi connectivity index (χ0n) is 6.13. The van der Waals surface area contributed by atoms with Crippen molar-refractivity contribution in [2.24, 2.45) is 0 Å². The highest BCUT2D eigenvalue weighted by Gasteiger charge is 2.04. The number of likely N-dealkylation sites (N-methyl/N-ethyl adjacent to an activating group) is 1. The van der Waals surface area contributed by atoms with Crippen LogP contribution in [0.25, 0.3) is 0 Å². The molecule has 10 heavy (non-hydrogen) atoms. The fourth-order valence-electron chi connectivity index (χ4n) is 0.671. The van der Waals surface area contributed by atoms with E-state index in [4.69, 9.17) is 10.2 Å². The van der Waals surface area contributed by atoms with E-state index in [-0.39, 0.29) is 12.7 Å². The second-order valence-electron chi connectivity index (χ2n) is 2.29. The molecule has 0 aliphatic carbocycles. The number of alkyl halides is 1. The van der Waals surface area contributed by atoms with Crippen LogP contribution in [0.2, 0.25) is 0 Å². The number of rotatable bonds is 5. The van der Waals surface area contributed by atoms with E-state index in [9.17, 15) is 0 Å². The van der Waals surface area contributed by atoms with Gasteiger partial charge in [-0.3, -0.25) is 0 Å². The molecule has 0 bridgehead atoms. The number of nitrogens with zero attached hydrogens (tertiary/aromatic N) is 1. The van der Waals surface area contributed by atoms with Gasteiger partial charge in [0, 0.05) is 18.4 Å². The maximum absolute atomic E-state index is 9.08. The van der Waals surface area contributed by atoms with Gasteiger partial charge in [0.2, 0.25) is 0 Å². The Labute approximate surface area is 69.8 Å². The van der Waals surface area contributed by atoms with Gasteiger partial charge in [-0.25, -0.2) is 0 Å². The largest absolute Gasteiger partial charge is 0.395 e. The summed E-state index contributed by atoms with van der Waals surface area (Å²) in [5.74, 6) is 0. The third-order valence-corrected chi connectivity index (χ3v) is 1.93. The molecule has 2 N–H and O–H groups in total. The molecule has 0 aromatic heterocycles. The maximum atomic E-state index is 9.08. The third kappa shape index (κ3) is 5.17. The molecule has 62 valence electrons. The van der Waals surface area contributed by atoms with Gasteiger partial charge in [-0.2, -0.15) is 0 Å². The fraction of sp³-hybridized carbons (Fsp3) is 1.00. The summed E-state index contributed by atoms with van der Waals surface area (Å²) in [5.41, 5.74) is 0. The normalized spacial score (nSPS) is 14.1. The number of aliphatic hydroxyl groups excluding tert-OH is 2. The predicted octanol–water partition coefficient (Wildman–Crippen LogP) is -0.334. The van der Waals surface area contributed by atoms with Gasteiger partial charge in [0.25, 0.3) is 0 Å². The Morgan fingerprint density at radius 3 is 2.60 bits per heavy atom. The zero-order chi connectivity index (χ0) is 7.98. The summed E-state index contributed by atoms with van der Waals surface area (Å²) in [7, 11) is 1.86. The van der Waals surface area contributed by atoms with E-state index < -0.39 is 0 Å². The van der Waals surface area contributed by atoms with Gasteiger partial charge in [-0.1, -0.05) is 15.9 Å². The van der Waals surface area contributed by atoms with E-state index in [1.54, 1.807) is 0 Å². The fourth-order valence-corrected chi connectivity index (χ4v) is 0.875. The highest BCUT2D eigenvalue weighted by atomic mass is 79.9. The van der Waals surface area contributed by atoms with E-state index in [1.807, 2.05) is 11.9 Å². The second kappa shape index (κ2) is 6.09. The summed E-state index contributed by atoms with van der Waals surface area (Å²) < 4.78 is 0. The van der Waals surface area contributed by atoms with Crippen molar-refractivity contribution in [3.05, 3.63) is 0 Å². The molecule has 0 fully saturated rings. The molecule has 0 radical (unpaired) electrons. The molecule has 4 heteroatoms. The molecule has 0 rings (SSSR count). The summed E-state index contributed by atoms with van der Waals surface area (Å²) >= 11 is 3.16. The molecule has 0 spiro atoms. The first-order valence-corrected chi connectivity index (χ1v) is 4.36. The van der Waals surface area contributed by atoms with E-state index in [2.05, 4.69) is 15.9 Å². The summed E-state index contributed by atoms with van der Waals surface area (Å²) in [6.45, 7) is 1.36. The van der Waals surface area contributed by atoms with E-state index in [0.29, 0.717) is 18.4 Å². The first kappa shape index (κ1) is 10.4. The number of aliphatic hydroxyl groups is 2. The van der Waals surface area contributed by atoms with E-state index >= 15 is 0 Å². The molecule has 0 amide bonds. The molecular weight excluding hydrogens is 198 g/mol. The molecule has 0 aromatic rings. The van der Waals surface area contributed by atoms with Crippen LogP contribution in [0, 0.1) is 0 Å². The average Bonchev–Trinajstić information content (AvgIpc) is 1.88. The summed E-state index contributed by atoms with van der Waals surface area (Å²) in [4.78, 5) is 1.88. The zero-order valence-corrected chi connectivity index (χ0v) is 7.71. The van der Waals surface area contributed by atoms with Gasteiger partial charge in [0.05, 0.1) is 12.7 Å². The van der Waals surface area contributed by atoms with Crippen molar-refractivity contribution in [2.75, 3.05) is 32.1 Å². The first-order chi connectivity index (χ1) is 4.70. The monoisotopic (exact) mass is 211 g/mol. The standard InChI is InChI=1S/C6H14BrNO2/c1-8(2-3-9)5-6(10)4-7/h6,9-10H,2-5H2,1H3. The molecule has 0 heterocycles. The van der Waals surface area contributed by atoms with Crippen LogP contribution in [-0.2, 0) is 0 Å². The lowest BCUT2D eigenvalue weighted by Gasteiger charge is -2.17. The highest BCUT2D eigenvalue weighted by Crippen LogP contribution is 1.92. The minimum Gasteiger partial charge on any atom is -0.395 e. The van der Waals surface area contributed by atoms with Gasteiger partial charge >= 0.3 is 0 Å². The predicted molar refractivity (Wildman–Crippen MR) is 44.4 cm³/mol. The number of hydrogen-bond donors (Lipinski definition) is 2. The van der Waals surface area contributed by atoms with Gasteiger partial charge in [-0.15, -0.1) is 0 Å². The van der Waals surface area contributed by atoms with Crippen LogP contribution in [0.3, 0.4) is 0 Å². The third-order valence-electron chi connectivity index (χ3n) is 1.18. The average molecular weight is 212 g/mol. The van der Waals surface area contributed by atoms with Gasteiger partial charge < -0.3 is 15.1 Å².